The van der Waals surface area contributed by atoms with E-state index in [4.69, 9.17) is 16.6 Å². The van der Waals surface area contributed by atoms with E-state index in [0.29, 0.717) is 23.0 Å². The van der Waals surface area contributed by atoms with Crippen molar-refractivity contribution in [3.05, 3.63) is 75.8 Å². The zero-order valence-corrected chi connectivity index (χ0v) is 20.0. The van der Waals surface area contributed by atoms with E-state index in [0.717, 1.165) is 55.7 Å². The molecule has 7 heteroatoms. The topological polar surface area (TPSA) is 70.7 Å². The SMILES string of the molecule is Cc1nc(NC(=O)CCCc2c(-c3ccc4ccccc4n3)[nH]c3ccc(Cl)cc23)sc1C. The molecule has 0 saturated carbocycles. The van der Waals surface area contributed by atoms with Crippen molar-refractivity contribution < 1.29 is 4.79 Å². The number of halogens is 1. The molecule has 0 aliphatic rings. The first-order valence-corrected chi connectivity index (χ1v) is 12.1. The van der Waals surface area contributed by atoms with E-state index in [9.17, 15) is 4.79 Å². The molecule has 0 aliphatic heterocycles. The summed E-state index contributed by atoms with van der Waals surface area (Å²) >= 11 is 7.82. The predicted octanol–water partition coefficient (Wildman–Crippen LogP) is 7.07. The number of aryl methyl sites for hydroxylation is 3. The number of hydrogen-bond acceptors (Lipinski definition) is 4. The number of rotatable bonds is 6. The largest absolute Gasteiger partial charge is 0.353 e. The molecule has 0 fully saturated rings. The fourth-order valence-electron chi connectivity index (χ4n) is 4.04. The maximum Gasteiger partial charge on any atom is 0.226 e. The molecule has 0 atom stereocenters. The fraction of sp³-hybridized carbons (Fsp3) is 0.192. The molecule has 0 saturated heterocycles. The summed E-state index contributed by atoms with van der Waals surface area (Å²) in [5.41, 5.74) is 5.91. The number of nitrogens with one attached hydrogen (secondary N) is 2. The molecule has 2 aromatic carbocycles. The third-order valence-corrected chi connectivity index (χ3v) is 7.05. The summed E-state index contributed by atoms with van der Waals surface area (Å²) in [6.45, 7) is 3.96. The number of benzene rings is 2. The molecule has 0 aliphatic carbocycles. The standard InChI is InChI=1S/C26H23ClN4OS/c1-15-16(2)33-26(28-15)31-24(32)9-5-7-19-20-14-18(27)11-13-22(20)30-25(19)23-12-10-17-6-3-4-8-21(17)29-23/h3-4,6,8,10-14,30H,5,7,9H2,1-2H3,(H,28,31,32). The number of thiazole rings is 1. The molecule has 33 heavy (non-hydrogen) atoms. The van der Waals surface area contributed by atoms with Crippen LogP contribution in [0.5, 0.6) is 0 Å². The van der Waals surface area contributed by atoms with Gasteiger partial charge in [-0.2, -0.15) is 0 Å². The van der Waals surface area contributed by atoms with Crippen molar-refractivity contribution in [1.82, 2.24) is 15.0 Å². The average Bonchev–Trinajstić information content (AvgIpc) is 3.32. The Labute approximate surface area is 200 Å². The molecule has 2 N–H and O–H groups in total. The van der Waals surface area contributed by atoms with E-state index in [1.54, 1.807) is 0 Å². The van der Waals surface area contributed by atoms with E-state index >= 15 is 0 Å². The highest BCUT2D eigenvalue weighted by Crippen LogP contribution is 2.33. The predicted molar refractivity (Wildman–Crippen MR) is 137 cm³/mol. The number of carbonyl (C=O) groups is 1. The highest BCUT2D eigenvalue weighted by molar-refractivity contribution is 7.15. The molecular formula is C26H23ClN4OS. The molecule has 5 rings (SSSR count). The zero-order chi connectivity index (χ0) is 22.9. The van der Waals surface area contributed by atoms with Crippen LogP contribution in [0.4, 0.5) is 5.13 Å². The minimum absolute atomic E-state index is 0.0213. The van der Waals surface area contributed by atoms with Crippen LogP contribution in [0.15, 0.2) is 54.6 Å². The third kappa shape index (κ3) is 4.49. The first-order chi connectivity index (χ1) is 16.0. The molecule has 5 nitrogen and oxygen atoms in total. The van der Waals surface area contributed by atoms with E-state index in [-0.39, 0.29) is 5.91 Å². The smallest absolute Gasteiger partial charge is 0.226 e. The summed E-state index contributed by atoms with van der Waals surface area (Å²) in [4.78, 5) is 26.4. The number of hydrogen-bond donors (Lipinski definition) is 2. The average molecular weight is 475 g/mol. The van der Waals surface area contributed by atoms with E-state index in [1.165, 1.54) is 11.3 Å². The van der Waals surface area contributed by atoms with Crippen LogP contribution in [-0.2, 0) is 11.2 Å². The van der Waals surface area contributed by atoms with Crippen molar-refractivity contribution in [1.29, 1.82) is 0 Å². The second-order valence-corrected chi connectivity index (χ2v) is 9.76. The van der Waals surface area contributed by atoms with Crippen LogP contribution in [-0.4, -0.2) is 20.9 Å². The first kappa shape index (κ1) is 21.6. The third-order valence-electron chi connectivity index (χ3n) is 5.83. The number of anilines is 1. The van der Waals surface area contributed by atoms with Gasteiger partial charge >= 0.3 is 0 Å². The number of para-hydroxylation sites is 1. The van der Waals surface area contributed by atoms with Gasteiger partial charge in [-0.05, 0) is 62.6 Å². The lowest BCUT2D eigenvalue weighted by molar-refractivity contribution is -0.116. The Morgan fingerprint density at radius 2 is 1.94 bits per heavy atom. The number of carbonyl (C=O) groups excluding carboxylic acids is 1. The minimum atomic E-state index is -0.0213. The monoisotopic (exact) mass is 474 g/mol. The van der Waals surface area contributed by atoms with Gasteiger partial charge in [-0.15, -0.1) is 11.3 Å². The summed E-state index contributed by atoms with van der Waals surface area (Å²) < 4.78 is 0. The van der Waals surface area contributed by atoms with Gasteiger partial charge in [0.2, 0.25) is 5.91 Å². The van der Waals surface area contributed by atoms with Crippen LogP contribution < -0.4 is 5.32 Å². The summed E-state index contributed by atoms with van der Waals surface area (Å²) in [5, 5.41) is 6.45. The van der Waals surface area contributed by atoms with Gasteiger partial charge in [0.1, 0.15) is 0 Å². The number of aromatic nitrogens is 3. The maximum absolute atomic E-state index is 12.5. The molecule has 0 unspecified atom stereocenters. The Kier molecular flexibility index (Phi) is 5.87. The zero-order valence-electron chi connectivity index (χ0n) is 18.4. The molecule has 3 heterocycles. The van der Waals surface area contributed by atoms with Crippen LogP contribution in [0.2, 0.25) is 5.02 Å². The normalized spacial score (nSPS) is 11.4. The molecule has 5 aromatic rings. The Balaban J connectivity index is 1.41. The number of fused-ring (bicyclic) bond motifs is 2. The van der Waals surface area contributed by atoms with Crippen molar-refractivity contribution in [3.63, 3.8) is 0 Å². The van der Waals surface area contributed by atoms with Crippen LogP contribution in [0.1, 0.15) is 29.0 Å². The van der Waals surface area contributed by atoms with Crippen molar-refractivity contribution >= 4 is 55.8 Å². The van der Waals surface area contributed by atoms with Crippen molar-refractivity contribution in [2.75, 3.05) is 5.32 Å². The van der Waals surface area contributed by atoms with Crippen LogP contribution in [0.25, 0.3) is 33.2 Å². The molecule has 0 spiro atoms. The van der Waals surface area contributed by atoms with E-state index in [2.05, 4.69) is 27.4 Å². The van der Waals surface area contributed by atoms with Gasteiger partial charge in [0.15, 0.2) is 5.13 Å². The van der Waals surface area contributed by atoms with Gasteiger partial charge in [0.05, 0.1) is 22.6 Å². The van der Waals surface area contributed by atoms with Gasteiger partial charge in [-0.25, -0.2) is 9.97 Å². The molecule has 3 aromatic heterocycles. The van der Waals surface area contributed by atoms with Crippen LogP contribution in [0.3, 0.4) is 0 Å². The Morgan fingerprint density at radius 1 is 1.09 bits per heavy atom. The molecule has 1 amide bonds. The second kappa shape index (κ2) is 8.96. The van der Waals surface area contributed by atoms with Crippen LogP contribution >= 0.6 is 22.9 Å². The molecule has 0 bridgehead atoms. The van der Waals surface area contributed by atoms with Crippen molar-refractivity contribution in [2.45, 2.75) is 33.1 Å². The van der Waals surface area contributed by atoms with Gasteiger partial charge in [-0.1, -0.05) is 35.9 Å². The lowest BCUT2D eigenvalue weighted by atomic mass is 10.0. The van der Waals surface area contributed by atoms with E-state index < -0.39 is 0 Å². The number of pyridine rings is 1. The quantitative estimate of drug-likeness (QED) is 0.276. The number of H-pyrrole nitrogens is 1. The molecule has 166 valence electrons. The number of aromatic amines is 1. The maximum atomic E-state index is 12.5. The first-order valence-electron chi connectivity index (χ1n) is 10.9. The molecular weight excluding hydrogens is 452 g/mol. The highest BCUT2D eigenvalue weighted by Gasteiger charge is 2.16. The summed E-state index contributed by atoms with van der Waals surface area (Å²) in [7, 11) is 0. The van der Waals surface area contributed by atoms with Crippen molar-refractivity contribution in [3.8, 4) is 11.4 Å². The summed E-state index contributed by atoms with van der Waals surface area (Å²) in [5.74, 6) is -0.0213. The van der Waals surface area contributed by atoms with Crippen LogP contribution in [0, 0.1) is 13.8 Å². The Morgan fingerprint density at radius 3 is 2.76 bits per heavy atom. The number of nitrogens with zero attached hydrogens (tertiary/aromatic N) is 2. The minimum Gasteiger partial charge on any atom is -0.353 e. The van der Waals surface area contributed by atoms with Gasteiger partial charge in [0, 0.05) is 32.6 Å². The Bertz CT molecular complexity index is 1470. The highest BCUT2D eigenvalue weighted by atomic mass is 35.5. The molecule has 0 radical (unpaired) electrons. The van der Waals surface area contributed by atoms with Gasteiger partial charge in [-0.3, -0.25) is 4.79 Å². The van der Waals surface area contributed by atoms with Gasteiger partial charge < -0.3 is 10.3 Å². The second-order valence-electron chi connectivity index (χ2n) is 8.12. The van der Waals surface area contributed by atoms with Gasteiger partial charge in [0.25, 0.3) is 0 Å². The fourth-order valence-corrected chi connectivity index (χ4v) is 5.04. The number of amides is 1. The van der Waals surface area contributed by atoms with E-state index in [1.807, 2.05) is 56.3 Å². The summed E-state index contributed by atoms with van der Waals surface area (Å²) in [6, 6.07) is 18.1. The lowest BCUT2D eigenvalue weighted by Gasteiger charge is -2.07. The Hall–Kier alpha value is -3.22. The van der Waals surface area contributed by atoms with Crippen molar-refractivity contribution in [2.24, 2.45) is 0 Å². The lowest BCUT2D eigenvalue weighted by Crippen LogP contribution is -2.11. The summed E-state index contributed by atoms with van der Waals surface area (Å²) in [6.07, 6.45) is 1.85.